The molecule has 1 fully saturated rings. The highest BCUT2D eigenvalue weighted by Crippen LogP contribution is 2.38. The van der Waals surface area contributed by atoms with E-state index in [4.69, 9.17) is 21.1 Å². The predicted octanol–water partition coefficient (Wildman–Crippen LogP) is 2.86. The molecule has 8 nitrogen and oxygen atoms in total. The van der Waals surface area contributed by atoms with E-state index in [0.717, 1.165) is 4.90 Å². The first kappa shape index (κ1) is 17.3. The Labute approximate surface area is 159 Å². The topological polar surface area (TPSA) is 83.8 Å². The van der Waals surface area contributed by atoms with Crippen molar-refractivity contribution >= 4 is 34.8 Å². The van der Waals surface area contributed by atoms with E-state index in [1.807, 2.05) is 0 Å². The van der Waals surface area contributed by atoms with E-state index in [1.165, 1.54) is 19.2 Å². The molecule has 0 bridgehead atoms. The number of carbonyl (C=O) groups excluding carboxylic acids is 2. The van der Waals surface area contributed by atoms with Gasteiger partial charge >= 0.3 is 0 Å². The number of fused-ring (bicyclic) bond motifs is 1. The highest BCUT2D eigenvalue weighted by Gasteiger charge is 2.55. The number of halogens is 1. The second kappa shape index (κ2) is 6.55. The Bertz CT molecular complexity index is 942. The molecule has 2 aliphatic heterocycles. The van der Waals surface area contributed by atoms with Gasteiger partial charge in [-0.05, 0) is 18.2 Å². The number of hydrogen-bond acceptors (Lipinski definition) is 7. The van der Waals surface area contributed by atoms with Gasteiger partial charge in [-0.15, -0.1) is 0 Å². The zero-order chi connectivity index (χ0) is 19.1. The van der Waals surface area contributed by atoms with Crippen LogP contribution in [0.2, 0.25) is 5.02 Å². The number of nitrogens with zero attached hydrogens (tertiary/aromatic N) is 4. The van der Waals surface area contributed by atoms with Gasteiger partial charge in [0.1, 0.15) is 11.5 Å². The van der Waals surface area contributed by atoms with Crippen LogP contribution in [0.3, 0.4) is 0 Å². The van der Waals surface area contributed by atoms with Crippen molar-refractivity contribution in [2.75, 3.05) is 24.1 Å². The summed E-state index contributed by atoms with van der Waals surface area (Å²) in [6.07, 6.45) is 0. The number of carbonyl (C=O) groups is 2. The maximum absolute atomic E-state index is 13.0. The summed E-state index contributed by atoms with van der Waals surface area (Å²) < 4.78 is 10.5. The lowest BCUT2D eigenvalue weighted by molar-refractivity contribution is -0.121. The smallest absolute Gasteiger partial charge is 0.263 e. The molecule has 4 rings (SSSR count). The molecule has 2 aliphatic rings. The molecule has 2 heterocycles. The minimum Gasteiger partial charge on any atom is -0.497 e. The van der Waals surface area contributed by atoms with Crippen LogP contribution in [-0.2, 0) is 9.59 Å². The summed E-state index contributed by atoms with van der Waals surface area (Å²) in [7, 11) is 3.05. The molecule has 2 aromatic rings. The van der Waals surface area contributed by atoms with Crippen molar-refractivity contribution in [2.24, 2.45) is 10.3 Å². The SMILES string of the molecule is COc1cc(OC)cc(N2N=N[C@@H]3C(=O)N(c4cccc(Cl)c4)C(=O)[C@H]32)c1. The van der Waals surface area contributed by atoms with Gasteiger partial charge < -0.3 is 9.47 Å². The maximum atomic E-state index is 13.0. The number of amides is 2. The van der Waals surface area contributed by atoms with Gasteiger partial charge in [-0.3, -0.25) is 9.59 Å². The van der Waals surface area contributed by atoms with Crippen LogP contribution >= 0.6 is 11.6 Å². The van der Waals surface area contributed by atoms with E-state index >= 15 is 0 Å². The molecule has 2 aromatic carbocycles. The van der Waals surface area contributed by atoms with Gasteiger partial charge in [0.15, 0.2) is 12.1 Å². The van der Waals surface area contributed by atoms with Gasteiger partial charge in [0.2, 0.25) is 0 Å². The van der Waals surface area contributed by atoms with Crippen molar-refractivity contribution in [3.05, 3.63) is 47.5 Å². The van der Waals surface area contributed by atoms with Gasteiger partial charge in [-0.1, -0.05) is 22.9 Å². The van der Waals surface area contributed by atoms with Crippen molar-refractivity contribution in [3.8, 4) is 11.5 Å². The highest BCUT2D eigenvalue weighted by atomic mass is 35.5. The number of benzene rings is 2. The van der Waals surface area contributed by atoms with Crippen LogP contribution in [0.5, 0.6) is 11.5 Å². The molecule has 1 saturated heterocycles. The Kier molecular flexibility index (Phi) is 4.19. The molecule has 27 heavy (non-hydrogen) atoms. The molecule has 0 aromatic heterocycles. The first-order valence-corrected chi connectivity index (χ1v) is 8.47. The predicted molar refractivity (Wildman–Crippen MR) is 98.4 cm³/mol. The fraction of sp³-hybridized carbons (Fsp3) is 0.222. The summed E-state index contributed by atoms with van der Waals surface area (Å²) in [5, 5.41) is 9.91. The van der Waals surface area contributed by atoms with Crippen LogP contribution < -0.4 is 19.4 Å². The Morgan fingerprint density at radius 2 is 1.67 bits per heavy atom. The minimum atomic E-state index is -0.909. The Morgan fingerprint density at radius 1 is 0.963 bits per heavy atom. The number of hydrogen-bond donors (Lipinski definition) is 0. The van der Waals surface area contributed by atoms with E-state index in [-0.39, 0.29) is 0 Å². The molecule has 2 atom stereocenters. The maximum Gasteiger partial charge on any atom is 0.263 e. The van der Waals surface area contributed by atoms with Gasteiger partial charge in [0.05, 0.1) is 25.6 Å². The van der Waals surface area contributed by atoms with E-state index < -0.39 is 23.9 Å². The molecule has 0 saturated carbocycles. The summed E-state index contributed by atoms with van der Waals surface area (Å²) in [6.45, 7) is 0. The molecule has 138 valence electrons. The summed E-state index contributed by atoms with van der Waals surface area (Å²) in [5.41, 5.74) is 0.946. The quantitative estimate of drug-likeness (QED) is 0.754. The molecule has 2 amide bonds. The van der Waals surface area contributed by atoms with Crippen molar-refractivity contribution in [1.29, 1.82) is 0 Å². The molecule has 0 spiro atoms. The average Bonchev–Trinajstić information content (AvgIpc) is 3.21. The monoisotopic (exact) mass is 386 g/mol. The number of ether oxygens (including phenoxy) is 2. The lowest BCUT2D eigenvalue weighted by Gasteiger charge is -2.21. The molecule has 0 aliphatic carbocycles. The van der Waals surface area contributed by atoms with Crippen molar-refractivity contribution in [3.63, 3.8) is 0 Å². The molecule has 9 heteroatoms. The zero-order valence-corrected chi connectivity index (χ0v) is 15.3. The molecule has 0 N–H and O–H groups in total. The number of methoxy groups -OCH3 is 2. The highest BCUT2D eigenvalue weighted by molar-refractivity contribution is 6.32. The first-order valence-electron chi connectivity index (χ1n) is 8.10. The first-order chi connectivity index (χ1) is 13.0. The Hall–Kier alpha value is -3.13. The number of anilines is 2. The van der Waals surface area contributed by atoms with Crippen molar-refractivity contribution < 1.29 is 19.1 Å². The summed E-state index contributed by atoms with van der Waals surface area (Å²) >= 11 is 6.00. The Morgan fingerprint density at radius 3 is 2.30 bits per heavy atom. The van der Waals surface area contributed by atoms with E-state index in [0.29, 0.717) is 27.9 Å². The van der Waals surface area contributed by atoms with Gasteiger partial charge in [0, 0.05) is 23.2 Å². The fourth-order valence-electron chi connectivity index (χ4n) is 3.17. The minimum absolute atomic E-state index is 0.408. The van der Waals surface area contributed by atoms with Crippen LogP contribution in [0.25, 0.3) is 0 Å². The van der Waals surface area contributed by atoms with E-state index in [2.05, 4.69) is 10.3 Å². The van der Waals surface area contributed by atoms with Crippen LogP contribution in [-0.4, -0.2) is 38.1 Å². The largest absolute Gasteiger partial charge is 0.497 e. The second-order valence-corrected chi connectivity index (χ2v) is 6.44. The summed E-state index contributed by atoms with van der Waals surface area (Å²) in [5.74, 6) is 0.213. The fourth-order valence-corrected chi connectivity index (χ4v) is 3.35. The lowest BCUT2D eigenvalue weighted by Crippen LogP contribution is -2.39. The lowest BCUT2D eigenvalue weighted by atomic mass is 10.1. The third-order valence-electron chi connectivity index (χ3n) is 4.45. The van der Waals surface area contributed by atoms with E-state index in [1.54, 1.807) is 42.5 Å². The normalized spacial score (nSPS) is 21.0. The zero-order valence-electron chi connectivity index (χ0n) is 14.5. The number of imide groups is 1. The summed E-state index contributed by atoms with van der Waals surface area (Å²) in [6, 6.07) is 9.89. The number of rotatable bonds is 4. The van der Waals surface area contributed by atoms with Crippen LogP contribution in [0.15, 0.2) is 52.8 Å². The summed E-state index contributed by atoms with van der Waals surface area (Å²) in [4.78, 5) is 26.9. The van der Waals surface area contributed by atoms with Gasteiger partial charge in [0.25, 0.3) is 11.8 Å². The van der Waals surface area contributed by atoms with E-state index in [9.17, 15) is 9.59 Å². The third kappa shape index (κ3) is 2.78. The Balaban J connectivity index is 1.72. The molecular formula is C18H15ClN4O4. The van der Waals surface area contributed by atoms with Crippen molar-refractivity contribution in [2.45, 2.75) is 12.1 Å². The molecule has 0 radical (unpaired) electrons. The third-order valence-corrected chi connectivity index (χ3v) is 4.68. The van der Waals surface area contributed by atoms with Crippen LogP contribution in [0, 0.1) is 0 Å². The second-order valence-electron chi connectivity index (χ2n) is 6.00. The van der Waals surface area contributed by atoms with Crippen LogP contribution in [0.4, 0.5) is 11.4 Å². The molecule has 0 unspecified atom stereocenters. The van der Waals surface area contributed by atoms with Crippen LogP contribution in [0.1, 0.15) is 0 Å². The molecular weight excluding hydrogens is 372 g/mol. The standard InChI is InChI=1S/C18H15ClN4O4/c1-26-13-7-12(8-14(9-13)27-2)23-16-15(20-21-23)17(24)22(18(16)25)11-5-3-4-10(19)6-11/h3-9,15-16H,1-2H3/t15-,16-/m0/s1. The average molecular weight is 387 g/mol. The van der Waals surface area contributed by atoms with Gasteiger partial charge in [-0.25, -0.2) is 9.91 Å². The van der Waals surface area contributed by atoms with Gasteiger partial charge in [-0.2, -0.15) is 5.11 Å². The van der Waals surface area contributed by atoms with Crippen molar-refractivity contribution in [1.82, 2.24) is 0 Å².